The van der Waals surface area contributed by atoms with Gasteiger partial charge in [-0.1, -0.05) is 96.6 Å². The highest BCUT2D eigenvalue weighted by atomic mass is 16.3. The Morgan fingerprint density at radius 3 is 2.10 bits per heavy atom. The number of pyridine rings is 2. The van der Waals surface area contributed by atoms with Gasteiger partial charge < -0.3 is 5.11 Å². The molecule has 7 rings (SSSR count). The van der Waals surface area contributed by atoms with E-state index in [1.54, 1.807) is 6.07 Å². The molecular weight excluding hydrogens is 502 g/mol. The molecule has 4 aromatic carbocycles. The minimum absolute atomic E-state index is 0.207. The van der Waals surface area contributed by atoms with E-state index in [9.17, 15) is 5.11 Å². The number of hydrogen-bond donors (Lipinski definition) is 1. The average molecular weight is 530 g/mol. The van der Waals surface area contributed by atoms with E-state index in [1.807, 2.05) is 48.5 Å². The quantitative estimate of drug-likeness (QED) is 0.242. The van der Waals surface area contributed by atoms with Crippen molar-refractivity contribution in [2.24, 2.45) is 0 Å². The standard InChI is InChI=1S/C37H27N3O/c1-25-11-9-14-27(21-25)30-23-32(38-33(24-30)31-17-5-6-18-34(31)41)28-15-10-16-29(22-28)36-37(26-12-3-2-4-13-26)40-20-8-7-19-35(40)39-36/h2-24,41H,1H3. The molecule has 41 heavy (non-hydrogen) atoms. The van der Waals surface area contributed by atoms with Crippen LogP contribution in [0, 0.1) is 6.92 Å². The SMILES string of the molecule is Cc1cccc(-c2cc(-c3cccc(-c4nc5ccccn5c4-c4ccccc4)c3)nc(-c3ccccc3O)c2)c1. The molecule has 0 aliphatic carbocycles. The maximum atomic E-state index is 10.7. The molecule has 0 spiro atoms. The Kier molecular flexibility index (Phi) is 6.14. The van der Waals surface area contributed by atoms with Crippen LogP contribution in [0.15, 0.2) is 140 Å². The minimum Gasteiger partial charge on any atom is -0.507 e. The molecule has 7 aromatic rings. The summed E-state index contributed by atoms with van der Waals surface area (Å²) in [5.74, 6) is 0.207. The Morgan fingerprint density at radius 2 is 1.24 bits per heavy atom. The van der Waals surface area contributed by atoms with Crippen molar-refractivity contribution in [3.8, 4) is 61.9 Å². The van der Waals surface area contributed by atoms with E-state index >= 15 is 0 Å². The lowest BCUT2D eigenvalue weighted by molar-refractivity contribution is 0.477. The van der Waals surface area contributed by atoms with E-state index in [0.29, 0.717) is 5.56 Å². The first-order valence-corrected chi connectivity index (χ1v) is 13.6. The molecule has 0 aliphatic heterocycles. The second-order valence-corrected chi connectivity index (χ2v) is 10.2. The molecule has 4 heteroatoms. The van der Waals surface area contributed by atoms with Gasteiger partial charge in [0.05, 0.1) is 22.8 Å². The largest absolute Gasteiger partial charge is 0.507 e. The number of aromatic hydroxyl groups is 1. The van der Waals surface area contributed by atoms with Crippen molar-refractivity contribution in [1.29, 1.82) is 0 Å². The highest BCUT2D eigenvalue weighted by Gasteiger charge is 2.17. The Hall–Kier alpha value is -5.48. The average Bonchev–Trinajstić information content (AvgIpc) is 3.41. The summed E-state index contributed by atoms with van der Waals surface area (Å²) in [6.45, 7) is 2.10. The molecule has 196 valence electrons. The zero-order valence-electron chi connectivity index (χ0n) is 22.6. The summed E-state index contributed by atoms with van der Waals surface area (Å²) in [6, 6.07) is 44.8. The minimum atomic E-state index is 0.207. The van der Waals surface area contributed by atoms with Crippen LogP contribution >= 0.6 is 0 Å². The van der Waals surface area contributed by atoms with E-state index in [2.05, 4.69) is 96.4 Å². The molecule has 0 amide bonds. The fraction of sp³-hybridized carbons (Fsp3) is 0.0270. The molecule has 0 radical (unpaired) electrons. The van der Waals surface area contributed by atoms with Crippen LogP contribution in [-0.2, 0) is 0 Å². The topological polar surface area (TPSA) is 50.4 Å². The number of nitrogens with zero attached hydrogens (tertiary/aromatic N) is 3. The van der Waals surface area contributed by atoms with Gasteiger partial charge in [-0.15, -0.1) is 0 Å². The summed E-state index contributed by atoms with van der Waals surface area (Å²) in [6.07, 6.45) is 2.06. The van der Waals surface area contributed by atoms with Crippen LogP contribution in [0.1, 0.15) is 5.56 Å². The lowest BCUT2D eigenvalue weighted by Gasteiger charge is -2.12. The monoisotopic (exact) mass is 529 g/mol. The van der Waals surface area contributed by atoms with Crippen molar-refractivity contribution in [2.45, 2.75) is 6.92 Å². The normalized spacial score (nSPS) is 11.1. The number of rotatable bonds is 5. The molecule has 3 heterocycles. The number of benzene rings is 4. The fourth-order valence-electron chi connectivity index (χ4n) is 5.39. The number of fused-ring (bicyclic) bond motifs is 1. The van der Waals surface area contributed by atoms with E-state index in [-0.39, 0.29) is 5.75 Å². The Bertz CT molecular complexity index is 2020. The number of imidazole rings is 1. The number of para-hydroxylation sites is 1. The Morgan fingerprint density at radius 1 is 0.537 bits per heavy atom. The van der Waals surface area contributed by atoms with Crippen molar-refractivity contribution >= 4 is 5.65 Å². The summed E-state index contributed by atoms with van der Waals surface area (Å²) >= 11 is 0. The highest BCUT2D eigenvalue weighted by molar-refractivity contribution is 5.85. The molecule has 4 nitrogen and oxygen atoms in total. The summed E-state index contributed by atoms with van der Waals surface area (Å²) < 4.78 is 2.14. The third-order valence-corrected chi connectivity index (χ3v) is 7.37. The zero-order chi connectivity index (χ0) is 27.8. The number of aromatic nitrogens is 3. The van der Waals surface area contributed by atoms with Crippen LogP contribution in [-0.4, -0.2) is 19.5 Å². The predicted molar refractivity (Wildman–Crippen MR) is 167 cm³/mol. The number of hydrogen-bond acceptors (Lipinski definition) is 3. The third kappa shape index (κ3) is 4.66. The van der Waals surface area contributed by atoms with Gasteiger partial charge in [-0.2, -0.15) is 0 Å². The maximum Gasteiger partial charge on any atom is 0.137 e. The van der Waals surface area contributed by atoms with Crippen molar-refractivity contribution in [3.05, 3.63) is 145 Å². The Balaban J connectivity index is 1.42. The van der Waals surface area contributed by atoms with E-state index in [0.717, 1.165) is 56.2 Å². The summed E-state index contributed by atoms with van der Waals surface area (Å²) in [4.78, 5) is 10.1. The summed E-state index contributed by atoms with van der Waals surface area (Å²) in [5.41, 5.74) is 11.5. The number of aryl methyl sites for hydroxylation is 1. The van der Waals surface area contributed by atoms with Crippen molar-refractivity contribution in [1.82, 2.24) is 14.4 Å². The van der Waals surface area contributed by atoms with Gasteiger partial charge in [0.25, 0.3) is 0 Å². The first-order valence-electron chi connectivity index (χ1n) is 13.6. The first kappa shape index (κ1) is 24.6. The molecule has 0 unspecified atom stereocenters. The van der Waals surface area contributed by atoms with Gasteiger partial charge in [-0.05, 0) is 60.5 Å². The molecule has 0 atom stereocenters. The van der Waals surface area contributed by atoms with Gasteiger partial charge >= 0.3 is 0 Å². The second-order valence-electron chi connectivity index (χ2n) is 10.2. The van der Waals surface area contributed by atoms with Gasteiger partial charge in [0, 0.05) is 28.5 Å². The molecular formula is C37H27N3O. The highest BCUT2D eigenvalue weighted by Crippen LogP contribution is 2.37. The zero-order valence-corrected chi connectivity index (χ0v) is 22.6. The van der Waals surface area contributed by atoms with Crippen LogP contribution in [0.4, 0.5) is 0 Å². The van der Waals surface area contributed by atoms with Crippen LogP contribution in [0.25, 0.3) is 61.8 Å². The van der Waals surface area contributed by atoms with Crippen molar-refractivity contribution in [3.63, 3.8) is 0 Å². The Labute approximate surface area is 238 Å². The van der Waals surface area contributed by atoms with E-state index in [1.165, 1.54) is 5.56 Å². The first-order chi connectivity index (χ1) is 20.1. The van der Waals surface area contributed by atoms with Gasteiger partial charge in [-0.25, -0.2) is 9.97 Å². The van der Waals surface area contributed by atoms with Crippen LogP contribution in [0.2, 0.25) is 0 Å². The van der Waals surface area contributed by atoms with E-state index < -0.39 is 0 Å². The van der Waals surface area contributed by atoms with E-state index in [4.69, 9.17) is 9.97 Å². The molecule has 0 saturated heterocycles. The summed E-state index contributed by atoms with van der Waals surface area (Å²) in [5, 5.41) is 10.7. The van der Waals surface area contributed by atoms with Gasteiger partial charge in [0.2, 0.25) is 0 Å². The number of phenols is 1. The van der Waals surface area contributed by atoms with Crippen LogP contribution < -0.4 is 0 Å². The molecule has 0 bridgehead atoms. The lowest BCUT2D eigenvalue weighted by atomic mass is 9.97. The van der Waals surface area contributed by atoms with Crippen LogP contribution in [0.5, 0.6) is 5.75 Å². The van der Waals surface area contributed by atoms with Crippen LogP contribution in [0.3, 0.4) is 0 Å². The van der Waals surface area contributed by atoms with Gasteiger partial charge in [0.15, 0.2) is 0 Å². The third-order valence-electron chi connectivity index (χ3n) is 7.37. The van der Waals surface area contributed by atoms with Gasteiger partial charge in [-0.3, -0.25) is 4.40 Å². The van der Waals surface area contributed by atoms with Gasteiger partial charge in [0.1, 0.15) is 11.4 Å². The molecule has 3 aromatic heterocycles. The lowest BCUT2D eigenvalue weighted by Crippen LogP contribution is -1.93. The predicted octanol–water partition coefficient (Wildman–Crippen LogP) is 9.08. The number of phenolic OH excluding ortho intramolecular Hbond substituents is 1. The van der Waals surface area contributed by atoms with Crippen molar-refractivity contribution in [2.75, 3.05) is 0 Å². The summed E-state index contributed by atoms with van der Waals surface area (Å²) in [7, 11) is 0. The smallest absolute Gasteiger partial charge is 0.137 e. The molecule has 0 aliphatic rings. The fourth-order valence-corrected chi connectivity index (χ4v) is 5.39. The maximum absolute atomic E-state index is 10.7. The molecule has 1 N–H and O–H groups in total. The van der Waals surface area contributed by atoms with Crippen molar-refractivity contribution < 1.29 is 5.11 Å². The molecule has 0 saturated carbocycles. The second kappa shape index (κ2) is 10.2. The molecule has 0 fully saturated rings.